The van der Waals surface area contributed by atoms with Gasteiger partial charge in [0.05, 0.1) is 5.69 Å². The standard InChI is InChI=1S/C11H14N2O2/c12-9-5-8(7-3-1-2-4-7)6-13-10(9)11(14)15/h5-7H,1-4,12H2,(H,14,15). The van der Waals surface area contributed by atoms with Crippen LogP contribution in [0.3, 0.4) is 0 Å². The first-order chi connectivity index (χ1) is 7.18. The molecule has 0 atom stereocenters. The van der Waals surface area contributed by atoms with E-state index in [0.717, 1.165) is 18.4 Å². The van der Waals surface area contributed by atoms with Gasteiger partial charge in [-0.25, -0.2) is 9.78 Å². The van der Waals surface area contributed by atoms with E-state index >= 15 is 0 Å². The molecular weight excluding hydrogens is 192 g/mol. The molecule has 1 heterocycles. The molecule has 1 aromatic heterocycles. The van der Waals surface area contributed by atoms with Gasteiger partial charge in [0.2, 0.25) is 0 Å². The van der Waals surface area contributed by atoms with Crippen LogP contribution in [0.15, 0.2) is 12.3 Å². The Bertz CT molecular complexity index is 384. The van der Waals surface area contributed by atoms with Crippen LogP contribution in [-0.2, 0) is 0 Å². The van der Waals surface area contributed by atoms with Gasteiger partial charge in [0.15, 0.2) is 5.69 Å². The number of aromatic carboxylic acids is 1. The second-order valence-corrected chi connectivity index (χ2v) is 3.99. The maximum absolute atomic E-state index is 10.7. The van der Waals surface area contributed by atoms with Gasteiger partial charge >= 0.3 is 5.97 Å². The molecule has 80 valence electrons. The molecule has 0 amide bonds. The van der Waals surface area contributed by atoms with E-state index in [2.05, 4.69) is 4.98 Å². The fourth-order valence-corrected chi connectivity index (χ4v) is 2.16. The number of nitrogen functional groups attached to an aromatic ring is 1. The van der Waals surface area contributed by atoms with Crippen molar-refractivity contribution >= 4 is 11.7 Å². The van der Waals surface area contributed by atoms with Crippen LogP contribution in [0.5, 0.6) is 0 Å². The average molecular weight is 206 g/mol. The number of aromatic nitrogens is 1. The minimum Gasteiger partial charge on any atom is -0.476 e. The second kappa shape index (κ2) is 3.88. The van der Waals surface area contributed by atoms with Crippen molar-refractivity contribution in [2.75, 3.05) is 5.73 Å². The summed E-state index contributed by atoms with van der Waals surface area (Å²) in [4.78, 5) is 14.6. The van der Waals surface area contributed by atoms with Crippen LogP contribution in [0, 0.1) is 0 Å². The third-order valence-corrected chi connectivity index (χ3v) is 2.97. The first kappa shape index (κ1) is 9.96. The normalized spacial score (nSPS) is 16.8. The van der Waals surface area contributed by atoms with Crippen molar-refractivity contribution in [3.63, 3.8) is 0 Å². The number of carbonyl (C=O) groups is 1. The number of hydrogen-bond acceptors (Lipinski definition) is 3. The van der Waals surface area contributed by atoms with Crippen molar-refractivity contribution in [2.24, 2.45) is 0 Å². The van der Waals surface area contributed by atoms with Crippen molar-refractivity contribution in [1.82, 2.24) is 4.98 Å². The third kappa shape index (κ3) is 1.93. The molecule has 1 fully saturated rings. The largest absolute Gasteiger partial charge is 0.476 e. The topological polar surface area (TPSA) is 76.2 Å². The molecule has 1 aromatic rings. The second-order valence-electron chi connectivity index (χ2n) is 3.99. The molecule has 0 bridgehead atoms. The van der Waals surface area contributed by atoms with Crippen LogP contribution in [0.1, 0.15) is 47.7 Å². The molecule has 0 saturated heterocycles. The highest BCUT2D eigenvalue weighted by atomic mass is 16.4. The highest BCUT2D eigenvalue weighted by molar-refractivity contribution is 5.91. The number of anilines is 1. The summed E-state index contributed by atoms with van der Waals surface area (Å²) >= 11 is 0. The van der Waals surface area contributed by atoms with Crippen molar-refractivity contribution in [1.29, 1.82) is 0 Å². The highest BCUT2D eigenvalue weighted by Gasteiger charge is 2.19. The molecule has 1 aliphatic rings. The lowest BCUT2D eigenvalue weighted by Gasteiger charge is -2.10. The molecule has 3 N–H and O–H groups in total. The zero-order chi connectivity index (χ0) is 10.8. The zero-order valence-electron chi connectivity index (χ0n) is 8.44. The van der Waals surface area contributed by atoms with Gasteiger partial charge in [-0.15, -0.1) is 0 Å². The Kier molecular flexibility index (Phi) is 2.58. The molecule has 0 radical (unpaired) electrons. The van der Waals surface area contributed by atoms with Gasteiger partial charge in [-0.2, -0.15) is 0 Å². The number of hydrogen-bond donors (Lipinski definition) is 2. The monoisotopic (exact) mass is 206 g/mol. The molecule has 2 rings (SSSR count). The van der Waals surface area contributed by atoms with Crippen LogP contribution >= 0.6 is 0 Å². The number of nitrogens with two attached hydrogens (primary N) is 1. The van der Waals surface area contributed by atoms with Crippen LogP contribution < -0.4 is 5.73 Å². The van der Waals surface area contributed by atoms with Gasteiger partial charge in [-0.05, 0) is 30.4 Å². The molecule has 4 heteroatoms. The third-order valence-electron chi connectivity index (χ3n) is 2.97. The van der Waals surface area contributed by atoms with Crippen molar-refractivity contribution in [2.45, 2.75) is 31.6 Å². The Morgan fingerprint density at radius 2 is 2.13 bits per heavy atom. The Balaban J connectivity index is 2.28. The summed E-state index contributed by atoms with van der Waals surface area (Å²) < 4.78 is 0. The minimum atomic E-state index is -1.06. The lowest BCUT2D eigenvalue weighted by Crippen LogP contribution is -2.07. The van der Waals surface area contributed by atoms with E-state index < -0.39 is 5.97 Å². The number of pyridine rings is 1. The molecule has 0 aromatic carbocycles. The van der Waals surface area contributed by atoms with Crippen LogP contribution in [0.2, 0.25) is 0 Å². The summed E-state index contributed by atoms with van der Waals surface area (Å²) in [5.41, 5.74) is 6.95. The molecule has 0 unspecified atom stereocenters. The van der Waals surface area contributed by atoms with Gasteiger partial charge in [-0.1, -0.05) is 12.8 Å². The molecule has 4 nitrogen and oxygen atoms in total. The fourth-order valence-electron chi connectivity index (χ4n) is 2.16. The number of nitrogens with zero attached hydrogens (tertiary/aromatic N) is 1. The predicted molar refractivity (Wildman–Crippen MR) is 56.8 cm³/mol. The van der Waals surface area contributed by atoms with Gasteiger partial charge in [0.25, 0.3) is 0 Å². The van der Waals surface area contributed by atoms with Crippen LogP contribution in [0.25, 0.3) is 0 Å². The highest BCUT2D eigenvalue weighted by Crippen LogP contribution is 2.34. The lowest BCUT2D eigenvalue weighted by molar-refractivity contribution is 0.0691. The van der Waals surface area contributed by atoms with E-state index in [0.29, 0.717) is 5.92 Å². The Morgan fingerprint density at radius 1 is 1.47 bits per heavy atom. The molecule has 1 saturated carbocycles. The summed E-state index contributed by atoms with van der Waals surface area (Å²) in [5, 5.41) is 8.78. The van der Waals surface area contributed by atoms with E-state index in [1.54, 1.807) is 12.3 Å². The molecule has 0 aliphatic heterocycles. The van der Waals surface area contributed by atoms with E-state index in [-0.39, 0.29) is 11.4 Å². The Labute approximate surface area is 88.1 Å². The minimum absolute atomic E-state index is 0.0447. The molecule has 15 heavy (non-hydrogen) atoms. The fraction of sp³-hybridized carbons (Fsp3) is 0.455. The molecular formula is C11H14N2O2. The summed E-state index contributed by atoms with van der Waals surface area (Å²) in [6.07, 6.45) is 6.45. The zero-order valence-corrected chi connectivity index (χ0v) is 8.44. The van der Waals surface area contributed by atoms with Gasteiger partial charge in [0, 0.05) is 6.20 Å². The first-order valence-corrected chi connectivity index (χ1v) is 5.17. The maximum Gasteiger partial charge on any atom is 0.356 e. The van der Waals surface area contributed by atoms with Crippen molar-refractivity contribution in [3.05, 3.63) is 23.5 Å². The molecule has 0 spiro atoms. The summed E-state index contributed by atoms with van der Waals surface area (Å²) in [7, 11) is 0. The average Bonchev–Trinajstić information content (AvgIpc) is 2.69. The van der Waals surface area contributed by atoms with Gasteiger partial charge in [0.1, 0.15) is 0 Å². The summed E-state index contributed by atoms with van der Waals surface area (Å²) in [6.45, 7) is 0. The lowest BCUT2D eigenvalue weighted by atomic mass is 9.99. The SMILES string of the molecule is Nc1cc(C2CCCC2)cnc1C(=O)O. The van der Waals surface area contributed by atoms with Gasteiger partial charge in [-0.3, -0.25) is 0 Å². The quantitative estimate of drug-likeness (QED) is 0.776. The number of carboxylic acids is 1. The molecule has 1 aliphatic carbocycles. The number of carboxylic acid groups (broad SMARTS) is 1. The predicted octanol–water partition coefficient (Wildman–Crippen LogP) is 2.02. The Morgan fingerprint density at radius 3 is 2.67 bits per heavy atom. The van der Waals surface area contributed by atoms with E-state index in [9.17, 15) is 4.79 Å². The maximum atomic E-state index is 10.7. The van der Waals surface area contributed by atoms with Crippen LogP contribution in [-0.4, -0.2) is 16.1 Å². The van der Waals surface area contributed by atoms with Gasteiger partial charge < -0.3 is 10.8 Å². The number of rotatable bonds is 2. The van der Waals surface area contributed by atoms with E-state index in [1.807, 2.05) is 0 Å². The van der Waals surface area contributed by atoms with E-state index in [4.69, 9.17) is 10.8 Å². The summed E-state index contributed by atoms with van der Waals surface area (Å²) in [5.74, 6) is -0.548. The smallest absolute Gasteiger partial charge is 0.356 e. The van der Waals surface area contributed by atoms with Crippen molar-refractivity contribution in [3.8, 4) is 0 Å². The first-order valence-electron chi connectivity index (χ1n) is 5.17. The summed E-state index contributed by atoms with van der Waals surface area (Å²) in [6, 6.07) is 1.76. The van der Waals surface area contributed by atoms with Crippen LogP contribution in [0.4, 0.5) is 5.69 Å². The Hall–Kier alpha value is -1.58. The van der Waals surface area contributed by atoms with Crippen molar-refractivity contribution < 1.29 is 9.90 Å². The van der Waals surface area contributed by atoms with E-state index in [1.165, 1.54) is 12.8 Å².